The van der Waals surface area contributed by atoms with Crippen LogP contribution in [0.2, 0.25) is 0 Å². The van der Waals surface area contributed by atoms with E-state index in [-0.39, 0.29) is 17.2 Å². The van der Waals surface area contributed by atoms with Crippen LogP contribution in [0.15, 0.2) is 66.7 Å². The van der Waals surface area contributed by atoms with E-state index in [0.717, 1.165) is 39.9 Å². The zero-order valence-corrected chi connectivity index (χ0v) is 16.2. The first-order chi connectivity index (χ1) is 14.0. The summed E-state index contributed by atoms with van der Waals surface area (Å²) in [5.74, 6) is 0.747. The van der Waals surface area contributed by atoms with E-state index < -0.39 is 0 Å². The number of hydrogen-bond donors (Lipinski definition) is 3. The summed E-state index contributed by atoms with van der Waals surface area (Å²) in [4.78, 5) is 0. The number of phenolic OH excluding ortho intramolecular Hbond substituents is 3. The Kier molecular flexibility index (Phi) is 5.04. The van der Waals surface area contributed by atoms with Crippen molar-refractivity contribution in [3.05, 3.63) is 72.3 Å². The Morgan fingerprint density at radius 1 is 0.862 bits per heavy atom. The standard InChI is InChI=1S/C24H23NO4/c1-16-20-15-18(26)9-10-21(20)25(12-5-13-29-19-6-3-2-4-7-19)24(16)17-8-11-22(27)23(28)14-17/h2-4,6-11,14-15,26-28H,5,12-13H2,1H3. The minimum absolute atomic E-state index is 0.150. The van der Waals surface area contributed by atoms with Crippen LogP contribution in [0.5, 0.6) is 23.0 Å². The number of rotatable bonds is 6. The number of aromatic nitrogens is 1. The molecule has 0 aliphatic rings. The SMILES string of the molecule is Cc1c(-c2ccc(O)c(O)c2)n(CCCOc2ccccc2)c2ccc(O)cc12. The second-order valence-corrected chi connectivity index (χ2v) is 7.05. The monoisotopic (exact) mass is 389 g/mol. The molecular formula is C24H23NO4. The van der Waals surface area contributed by atoms with E-state index in [1.807, 2.05) is 43.3 Å². The molecule has 5 nitrogen and oxygen atoms in total. The van der Waals surface area contributed by atoms with Crippen LogP contribution in [-0.2, 0) is 6.54 Å². The van der Waals surface area contributed by atoms with Crippen molar-refractivity contribution in [2.45, 2.75) is 19.9 Å². The molecular weight excluding hydrogens is 366 g/mol. The summed E-state index contributed by atoms with van der Waals surface area (Å²) in [6.45, 7) is 3.28. The minimum atomic E-state index is -0.158. The molecule has 0 spiro atoms. The predicted molar refractivity (Wildman–Crippen MR) is 114 cm³/mol. The van der Waals surface area contributed by atoms with Gasteiger partial charge in [0.1, 0.15) is 11.5 Å². The van der Waals surface area contributed by atoms with Gasteiger partial charge in [0.15, 0.2) is 11.5 Å². The average molecular weight is 389 g/mol. The molecule has 0 fully saturated rings. The van der Waals surface area contributed by atoms with Gasteiger partial charge in [0.05, 0.1) is 12.3 Å². The number of benzene rings is 3. The molecule has 148 valence electrons. The maximum atomic E-state index is 9.98. The highest BCUT2D eigenvalue weighted by Crippen LogP contribution is 2.38. The topological polar surface area (TPSA) is 74.9 Å². The fourth-order valence-electron chi connectivity index (χ4n) is 3.71. The number of aromatic hydroxyl groups is 3. The number of hydrogen-bond acceptors (Lipinski definition) is 4. The van der Waals surface area contributed by atoms with Crippen LogP contribution < -0.4 is 4.74 Å². The third-order valence-electron chi connectivity index (χ3n) is 5.09. The van der Waals surface area contributed by atoms with E-state index >= 15 is 0 Å². The molecule has 29 heavy (non-hydrogen) atoms. The smallest absolute Gasteiger partial charge is 0.158 e. The van der Waals surface area contributed by atoms with Gasteiger partial charge in [0, 0.05) is 23.0 Å². The molecule has 0 saturated carbocycles. The Bertz CT molecular complexity index is 1150. The summed E-state index contributed by atoms with van der Waals surface area (Å²) < 4.78 is 7.99. The lowest BCUT2D eigenvalue weighted by Gasteiger charge is -2.13. The van der Waals surface area contributed by atoms with E-state index in [1.54, 1.807) is 24.3 Å². The molecule has 0 saturated heterocycles. The summed E-state index contributed by atoms with van der Waals surface area (Å²) in [5, 5.41) is 30.6. The molecule has 4 aromatic rings. The Morgan fingerprint density at radius 3 is 2.41 bits per heavy atom. The molecule has 0 atom stereocenters. The predicted octanol–water partition coefficient (Wildman–Crippen LogP) is 5.20. The lowest BCUT2D eigenvalue weighted by molar-refractivity contribution is 0.303. The van der Waals surface area contributed by atoms with Gasteiger partial charge in [-0.3, -0.25) is 0 Å². The highest BCUT2D eigenvalue weighted by Gasteiger charge is 2.17. The quantitative estimate of drug-likeness (QED) is 0.313. The second kappa shape index (κ2) is 7.80. The second-order valence-electron chi connectivity index (χ2n) is 7.05. The number of ether oxygens (including phenoxy) is 1. The van der Waals surface area contributed by atoms with Gasteiger partial charge in [-0.05, 0) is 67.4 Å². The van der Waals surface area contributed by atoms with Crippen LogP contribution in [0, 0.1) is 6.92 Å². The lowest BCUT2D eigenvalue weighted by atomic mass is 10.1. The van der Waals surface area contributed by atoms with Gasteiger partial charge >= 0.3 is 0 Å². The third-order valence-corrected chi connectivity index (χ3v) is 5.09. The molecule has 0 aliphatic heterocycles. The Labute approximate surface area is 169 Å². The van der Waals surface area contributed by atoms with Crippen molar-refractivity contribution < 1.29 is 20.1 Å². The summed E-state index contributed by atoms with van der Waals surface area (Å²) in [7, 11) is 0. The fraction of sp³-hybridized carbons (Fsp3) is 0.167. The highest BCUT2D eigenvalue weighted by molar-refractivity contribution is 5.92. The van der Waals surface area contributed by atoms with Gasteiger partial charge < -0.3 is 24.6 Å². The number of phenols is 3. The van der Waals surface area contributed by atoms with Gasteiger partial charge in [0.2, 0.25) is 0 Å². The van der Waals surface area contributed by atoms with E-state index in [2.05, 4.69) is 4.57 Å². The molecule has 0 unspecified atom stereocenters. The van der Waals surface area contributed by atoms with Crippen LogP contribution in [0.25, 0.3) is 22.2 Å². The molecule has 1 aromatic heterocycles. The Hall–Kier alpha value is -3.60. The van der Waals surface area contributed by atoms with Crippen LogP contribution in [0.3, 0.4) is 0 Å². The normalized spacial score (nSPS) is 11.1. The van der Waals surface area contributed by atoms with Crippen molar-refractivity contribution in [1.82, 2.24) is 4.57 Å². The molecule has 5 heteroatoms. The maximum absolute atomic E-state index is 9.98. The van der Waals surface area contributed by atoms with E-state index in [9.17, 15) is 15.3 Å². The first-order valence-corrected chi connectivity index (χ1v) is 9.56. The van der Waals surface area contributed by atoms with E-state index in [1.165, 1.54) is 6.07 Å². The average Bonchev–Trinajstić information content (AvgIpc) is 2.99. The Balaban J connectivity index is 1.68. The zero-order chi connectivity index (χ0) is 20.4. The molecule has 1 heterocycles. The highest BCUT2D eigenvalue weighted by atomic mass is 16.5. The summed E-state index contributed by atoms with van der Waals surface area (Å²) >= 11 is 0. The molecule has 0 radical (unpaired) electrons. The maximum Gasteiger partial charge on any atom is 0.158 e. The minimum Gasteiger partial charge on any atom is -0.508 e. The van der Waals surface area contributed by atoms with Crippen molar-refractivity contribution in [3.8, 4) is 34.3 Å². The third kappa shape index (κ3) is 3.72. The fourth-order valence-corrected chi connectivity index (χ4v) is 3.71. The van der Waals surface area contributed by atoms with E-state index in [0.29, 0.717) is 13.2 Å². The Morgan fingerprint density at radius 2 is 1.66 bits per heavy atom. The van der Waals surface area contributed by atoms with Crippen LogP contribution in [0.4, 0.5) is 0 Å². The molecule has 3 aromatic carbocycles. The number of para-hydroxylation sites is 1. The number of aryl methyl sites for hydroxylation is 2. The molecule has 3 N–H and O–H groups in total. The van der Waals surface area contributed by atoms with Crippen molar-refractivity contribution in [1.29, 1.82) is 0 Å². The van der Waals surface area contributed by atoms with Gasteiger partial charge in [-0.15, -0.1) is 0 Å². The van der Waals surface area contributed by atoms with Crippen molar-refractivity contribution in [2.24, 2.45) is 0 Å². The zero-order valence-electron chi connectivity index (χ0n) is 16.2. The summed E-state index contributed by atoms with van der Waals surface area (Å²) in [5.41, 5.74) is 3.76. The van der Waals surface area contributed by atoms with Crippen molar-refractivity contribution in [2.75, 3.05) is 6.61 Å². The molecule has 4 rings (SSSR count). The first-order valence-electron chi connectivity index (χ1n) is 9.56. The largest absolute Gasteiger partial charge is 0.508 e. The van der Waals surface area contributed by atoms with Crippen molar-refractivity contribution in [3.63, 3.8) is 0 Å². The number of nitrogens with zero attached hydrogens (tertiary/aromatic N) is 1. The molecule has 0 amide bonds. The molecule has 0 bridgehead atoms. The van der Waals surface area contributed by atoms with Gasteiger partial charge in [-0.25, -0.2) is 0 Å². The van der Waals surface area contributed by atoms with Crippen LogP contribution >= 0.6 is 0 Å². The van der Waals surface area contributed by atoms with Gasteiger partial charge in [-0.2, -0.15) is 0 Å². The summed E-state index contributed by atoms with van der Waals surface area (Å²) in [6.07, 6.45) is 0.788. The molecule has 0 aliphatic carbocycles. The number of fused-ring (bicyclic) bond motifs is 1. The van der Waals surface area contributed by atoms with Crippen LogP contribution in [0.1, 0.15) is 12.0 Å². The van der Waals surface area contributed by atoms with Crippen LogP contribution in [-0.4, -0.2) is 26.5 Å². The first kappa shape index (κ1) is 18.7. The van der Waals surface area contributed by atoms with Gasteiger partial charge in [0.25, 0.3) is 0 Å². The van der Waals surface area contributed by atoms with Crippen molar-refractivity contribution >= 4 is 10.9 Å². The summed E-state index contributed by atoms with van der Waals surface area (Å²) in [6, 6.07) is 19.9. The lowest BCUT2D eigenvalue weighted by Crippen LogP contribution is -2.06. The van der Waals surface area contributed by atoms with Gasteiger partial charge in [-0.1, -0.05) is 18.2 Å². The van der Waals surface area contributed by atoms with E-state index in [4.69, 9.17) is 4.74 Å².